The third-order valence-electron chi connectivity index (χ3n) is 2.34. The number of nitrogens with zero attached hydrogens (tertiary/aromatic N) is 1. The molecular formula is C12H12N2O3. The largest absolute Gasteiger partial charge is 0.481 e. The van der Waals surface area contributed by atoms with Crippen LogP contribution < -0.4 is 5.32 Å². The van der Waals surface area contributed by atoms with Crippen LogP contribution in [0.3, 0.4) is 0 Å². The van der Waals surface area contributed by atoms with Crippen molar-refractivity contribution >= 4 is 17.6 Å². The van der Waals surface area contributed by atoms with Gasteiger partial charge in [-0.2, -0.15) is 0 Å². The van der Waals surface area contributed by atoms with Crippen molar-refractivity contribution in [1.29, 1.82) is 0 Å². The minimum Gasteiger partial charge on any atom is -0.481 e. The van der Waals surface area contributed by atoms with E-state index in [1.54, 1.807) is 0 Å². The van der Waals surface area contributed by atoms with E-state index in [2.05, 4.69) is 15.0 Å². The average molecular weight is 232 g/mol. The minimum absolute atomic E-state index is 0.270. The summed E-state index contributed by atoms with van der Waals surface area (Å²) in [6.07, 6.45) is 1.39. The van der Waals surface area contributed by atoms with Crippen LogP contribution in [0.2, 0.25) is 0 Å². The lowest BCUT2D eigenvalue weighted by molar-refractivity contribution is -0.135. The molecule has 0 saturated carbocycles. The van der Waals surface area contributed by atoms with Gasteiger partial charge in [0.05, 0.1) is 31.7 Å². The maximum absolute atomic E-state index is 11.5. The Labute approximate surface area is 98.8 Å². The van der Waals surface area contributed by atoms with E-state index >= 15 is 0 Å². The van der Waals surface area contributed by atoms with Gasteiger partial charge in [-0.15, -0.1) is 0 Å². The summed E-state index contributed by atoms with van der Waals surface area (Å²) < 4.78 is 9.82. The quantitative estimate of drug-likeness (QED) is 0.746. The molecule has 0 unspecified atom stereocenters. The number of esters is 1. The van der Waals surface area contributed by atoms with Crippen LogP contribution in [0.25, 0.3) is 0 Å². The second-order valence-corrected chi connectivity index (χ2v) is 3.34. The number of aliphatic imine (C=N–C) groups is 1. The highest BCUT2D eigenvalue weighted by atomic mass is 16.5. The number of carbonyl (C=O) groups excluding carboxylic acids is 1. The van der Waals surface area contributed by atoms with Crippen LogP contribution in [0.1, 0.15) is 5.56 Å². The predicted octanol–water partition coefficient (Wildman–Crippen LogP) is 1.52. The molecule has 0 fully saturated rings. The third-order valence-corrected chi connectivity index (χ3v) is 2.34. The lowest BCUT2D eigenvalue weighted by atomic mass is 10.1. The van der Waals surface area contributed by atoms with Gasteiger partial charge in [0.15, 0.2) is 0 Å². The zero-order chi connectivity index (χ0) is 12.3. The van der Waals surface area contributed by atoms with Crippen molar-refractivity contribution < 1.29 is 14.3 Å². The van der Waals surface area contributed by atoms with Crippen molar-refractivity contribution in [2.75, 3.05) is 19.5 Å². The van der Waals surface area contributed by atoms with E-state index in [4.69, 9.17) is 4.74 Å². The van der Waals surface area contributed by atoms with Crippen LogP contribution in [0.4, 0.5) is 5.69 Å². The summed E-state index contributed by atoms with van der Waals surface area (Å²) in [5, 5.41) is 2.97. The van der Waals surface area contributed by atoms with Gasteiger partial charge in [0.1, 0.15) is 5.70 Å². The molecule has 17 heavy (non-hydrogen) atoms. The molecule has 0 bridgehead atoms. The lowest BCUT2D eigenvalue weighted by Gasteiger charge is -2.10. The van der Waals surface area contributed by atoms with E-state index < -0.39 is 5.97 Å². The molecule has 5 heteroatoms. The highest BCUT2D eigenvalue weighted by Gasteiger charge is 2.17. The van der Waals surface area contributed by atoms with Gasteiger partial charge in [0.2, 0.25) is 5.90 Å². The van der Waals surface area contributed by atoms with Crippen molar-refractivity contribution in [3.8, 4) is 0 Å². The number of para-hydroxylation sites is 1. The van der Waals surface area contributed by atoms with Crippen LogP contribution in [0.5, 0.6) is 0 Å². The minimum atomic E-state index is -0.471. The molecule has 0 aliphatic carbocycles. The SMILES string of the molecule is COC(=O)C1=CN=C(OC)c2ccccc2N1. The second kappa shape index (κ2) is 4.69. The number of methoxy groups -OCH3 is 2. The summed E-state index contributed by atoms with van der Waals surface area (Å²) in [5.41, 5.74) is 1.82. The zero-order valence-electron chi connectivity index (χ0n) is 9.56. The maximum atomic E-state index is 11.5. The predicted molar refractivity (Wildman–Crippen MR) is 63.7 cm³/mol. The molecular weight excluding hydrogens is 220 g/mol. The monoisotopic (exact) mass is 232 g/mol. The third kappa shape index (κ3) is 2.13. The van der Waals surface area contributed by atoms with Crippen molar-refractivity contribution in [2.24, 2.45) is 4.99 Å². The van der Waals surface area contributed by atoms with E-state index in [0.717, 1.165) is 11.3 Å². The molecule has 2 rings (SSSR count). The number of anilines is 1. The molecule has 88 valence electrons. The standard InChI is InChI=1S/C12H12N2O3/c1-16-11-8-5-3-4-6-9(8)14-10(7-13-11)12(15)17-2/h3-7,14H,1-2H3. The van der Waals surface area contributed by atoms with Crippen molar-refractivity contribution in [2.45, 2.75) is 0 Å². The Morgan fingerprint density at radius 3 is 2.76 bits per heavy atom. The molecule has 0 radical (unpaired) electrons. The fraction of sp³-hybridized carbons (Fsp3) is 0.167. The van der Waals surface area contributed by atoms with Gasteiger partial charge in [-0.1, -0.05) is 12.1 Å². The van der Waals surface area contributed by atoms with Crippen LogP contribution in [0, 0.1) is 0 Å². The van der Waals surface area contributed by atoms with E-state index in [9.17, 15) is 4.79 Å². The summed E-state index contributed by atoms with van der Waals surface area (Å²) in [6, 6.07) is 7.43. The van der Waals surface area contributed by atoms with Crippen molar-refractivity contribution in [1.82, 2.24) is 0 Å². The number of ether oxygens (including phenoxy) is 2. The molecule has 0 spiro atoms. The molecule has 1 aromatic carbocycles. The van der Waals surface area contributed by atoms with Crippen LogP contribution in [-0.4, -0.2) is 26.1 Å². The van der Waals surface area contributed by atoms with Gasteiger partial charge in [-0.05, 0) is 12.1 Å². The summed E-state index contributed by atoms with van der Waals surface area (Å²) in [7, 11) is 2.86. The van der Waals surface area contributed by atoms with Crippen molar-refractivity contribution in [3.05, 3.63) is 41.7 Å². The maximum Gasteiger partial charge on any atom is 0.356 e. The van der Waals surface area contributed by atoms with Crippen LogP contribution in [-0.2, 0) is 14.3 Å². The lowest BCUT2D eigenvalue weighted by Crippen LogP contribution is -2.13. The van der Waals surface area contributed by atoms with Gasteiger partial charge in [-0.25, -0.2) is 9.79 Å². The Morgan fingerprint density at radius 1 is 1.29 bits per heavy atom. The number of nitrogens with one attached hydrogen (secondary N) is 1. The topological polar surface area (TPSA) is 59.9 Å². The fourth-order valence-corrected chi connectivity index (χ4v) is 1.53. The molecule has 1 aliphatic heterocycles. The molecule has 1 N–H and O–H groups in total. The first-order valence-electron chi connectivity index (χ1n) is 5.03. The van der Waals surface area contributed by atoms with E-state index in [0.29, 0.717) is 5.90 Å². The second-order valence-electron chi connectivity index (χ2n) is 3.34. The number of carbonyl (C=O) groups is 1. The number of fused-ring (bicyclic) bond motifs is 1. The van der Waals surface area contributed by atoms with E-state index in [-0.39, 0.29) is 5.70 Å². The van der Waals surface area contributed by atoms with Gasteiger partial charge in [0, 0.05) is 0 Å². The molecule has 1 aliphatic rings. The molecule has 1 aromatic rings. The van der Waals surface area contributed by atoms with Crippen LogP contribution >= 0.6 is 0 Å². The Bertz CT molecular complexity index is 506. The normalized spacial score (nSPS) is 13.5. The zero-order valence-corrected chi connectivity index (χ0v) is 9.56. The Kier molecular flexibility index (Phi) is 3.09. The molecule has 0 saturated heterocycles. The van der Waals surface area contributed by atoms with Gasteiger partial charge < -0.3 is 14.8 Å². The van der Waals surface area contributed by atoms with Crippen LogP contribution in [0.15, 0.2) is 41.2 Å². The summed E-state index contributed by atoms with van der Waals surface area (Å²) in [4.78, 5) is 15.6. The first-order valence-corrected chi connectivity index (χ1v) is 5.03. The molecule has 0 amide bonds. The first kappa shape index (κ1) is 11.2. The van der Waals surface area contributed by atoms with Gasteiger partial charge in [-0.3, -0.25) is 0 Å². The van der Waals surface area contributed by atoms with Gasteiger partial charge in [0.25, 0.3) is 0 Å². The van der Waals surface area contributed by atoms with Gasteiger partial charge >= 0.3 is 5.97 Å². The number of hydrogen-bond acceptors (Lipinski definition) is 5. The number of rotatable bonds is 1. The summed E-state index contributed by atoms with van der Waals surface area (Å²) in [6.45, 7) is 0. The fourth-order valence-electron chi connectivity index (χ4n) is 1.53. The highest BCUT2D eigenvalue weighted by Crippen LogP contribution is 2.21. The Morgan fingerprint density at radius 2 is 2.06 bits per heavy atom. The summed E-state index contributed by atoms with van der Waals surface area (Å²) >= 11 is 0. The molecule has 5 nitrogen and oxygen atoms in total. The smallest absolute Gasteiger partial charge is 0.356 e. The number of benzene rings is 1. The molecule has 0 atom stereocenters. The van der Waals surface area contributed by atoms with Crippen molar-refractivity contribution in [3.63, 3.8) is 0 Å². The molecule has 0 aromatic heterocycles. The van der Waals surface area contributed by atoms with E-state index in [1.165, 1.54) is 20.4 Å². The number of hydrogen-bond donors (Lipinski definition) is 1. The Hall–Kier alpha value is -2.30. The Balaban J connectivity index is 2.46. The first-order chi connectivity index (χ1) is 8.26. The summed E-state index contributed by atoms with van der Waals surface area (Å²) in [5.74, 6) is -0.0205. The average Bonchev–Trinajstić information content (AvgIpc) is 2.56. The highest BCUT2D eigenvalue weighted by molar-refractivity contribution is 6.03. The van der Waals surface area contributed by atoms with E-state index in [1.807, 2.05) is 24.3 Å². The molecule has 1 heterocycles.